The van der Waals surface area contributed by atoms with Crippen molar-refractivity contribution in [2.75, 3.05) is 92.5 Å². The van der Waals surface area contributed by atoms with Gasteiger partial charge in [-0.2, -0.15) is 0 Å². The zero-order chi connectivity index (χ0) is 28.7. The molecular weight excluding hydrogens is 688 g/mol. The van der Waals surface area contributed by atoms with Gasteiger partial charge in [0.25, 0.3) is 0 Å². The highest BCUT2D eigenvalue weighted by molar-refractivity contribution is 4.50. The molecule has 0 aromatic heterocycles. The normalized spacial score (nSPS) is 10.2. The largest absolute Gasteiger partial charge is 0.394 e. The van der Waals surface area contributed by atoms with Crippen LogP contribution in [0.3, 0.4) is 0 Å². The fourth-order valence-electron chi connectivity index (χ4n) is 2.73. The van der Waals surface area contributed by atoms with Crippen molar-refractivity contribution >= 4 is 0 Å². The molecule has 2 N–H and O–H groups in total. The minimum Gasteiger partial charge on any atom is -0.394 e. The number of unbranched alkanes of at least 4 members (excludes halogenated alkanes) is 2. The molecule has 0 spiro atoms. The summed E-state index contributed by atoms with van der Waals surface area (Å²) in [6.07, 6.45) is 4.24. The van der Waals surface area contributed by atoms with Crippen molar-refractivity contribution in [2.45, 2.75) is 210 Å². The zero-order valence-corrected chi connectivity index (χ0v) is 25.2. The van der Waals surface area contributed by atoms with Gasteiger partial charge >= 0.3 is 0 Å². The molecule has 4 unspecified atom stereocenters. The minimum absolute atomic E-state index is 0. The first kappa shape index (κ1) is 117. The summed E-state index contributed by atoms with van der Waals surface area (Å²) in [5.41, 5.74) is 0. The van der Waals surface area contributed by atoms with E-state index in [1.165, 1.54) is 0 Å². The molecule has 0 rings (SSSR count). The van der Waals surface area contributed by atoms with Gasteiger partial charge in [-0.1, -0.05) is 146 Å². The second kappa shape index (κ2) is 99.1. The van der Waals surface area contributed by atoms with Crippen molar-refractivity contribution in [2.24, 2.45) is 0 Å². The van der Waals surface area contributed by atoms with Crippen LogP contribution in [0.2, 0.25) is 0 Å². The SMILES string of the molecule is C.C.C.C.C.C.C.C.C.C.C.C.C.C.C.C.CCCCOCC(C)OCCOCC(C)OCCO.CCCCOCCOCC(C)OCCOCC(C)O. The van der Waals surface area contributed by atoms with Gasteiger partial charge in [-0.05, 0) is 40.5 Å². The number of hydrogen-bond acceptors (Lipinski definition) is 10. The Morgan fingerprint density at radius 2 is 0.611 bits per heavy atom. The summed E-state index contributed by atoms with van der Waals surface area (Å²) < 4.78 is 43.2. The van der Waals surface area contributed by atoms with E-state index in [0.717, 1.165) is 38.9 Å². The molecule has 0 heterocycles. The lowest BCUT2D eigenvalue weighted by atomic mass is 10.3. The Balaban J connectivity index is -0.0000000231. The van der Waals surface area contributed by atoms with Crippen molar-refractivity contribution in [3.05, 3.63) is 0 Å². The Bertz CT molecular complexity index is 434. The molecule has 0 aliphatic heterocycles. The lowest BCUT2D eigenvalue weighted by Gasteiger charge is -2.15. The summed E-state index contributed by atoms with van der Waals surface area (Å²) in [5, 5.41) is 17.6. The number of aliphatic hydroxyl groups is 2. The Morgan fingerprint density at radius 3 is 0.926 bits per heavy atom. The summed E-state index contributed by atoms with van der Waals surface area (Å²) in [4.78, 5) is 0. The summed E-state index contributed by atoms with van der Waals surface area (Å²) in [7, 11) is 0. The maximum absolute atomic E-state index is 8.98. The van der Waals surface area contributed by atoms with Crippen molar-refractivity contribution < 1.29 is 48.1 Å². The fourth-order valence-corrected chi connectivity index (χ4v) is 2.73. The van der Waals surface area contributed by atoms with E-state index < -0.39 is 6.10 Å². The van der Waals surface area contributed by atoms with Crippen molar-refractivity contribution in [3.8, 4) is 0 Å². The first-order valence-corrected chi connectivity index (χ1v) is 14.4. The van der Waals surface area contributed by atoms with Crippen LogP contribution in [0.1, 0.15) is 186 Å². The highest BCUT2D eigenvalue weighted by atomic mass is 16.6. The average molecular weight is 813 g/mol. The minimum atomic E-state index is -0.423. The van der Waals surface area contributed by atoms with E-state index >= 15 is 0 Å². The molecule has 10 heteroatoms. The molecule has 0 bridgehead atoms. The summed E-state index contributed by atoms with van der Waals surface area (Å²) >= 11 is 0. The van der Waals surface area contributed by atoms with Gasteiger partial charge in [-0.25, -0.2) is 0 Å². The molecule has 0 aromatic rings. The van der Waals surface area contributed by atoms with Gasteiger partial charge in [0.05, 0.1) is 104 Å². The molecule has 0 aliphatic carbocycles. The van der Waals surface area contributed by atoms with Crippen LogP contribution in [-0.2, 0) is 37.9 Å². The first-order valence-electron chi connectivity index (χ1n) is 14.4. The molecule has 10 nitrogen and oxygen atoms in total. The van der Waals surface area contributed by atoms with Crippen LogP contribution < -0.4 is 0 Å². The Kier molecular flexibility index (Phi) is 215. The second-order valence-corrected chi connectivity index (χ2v) is 9.24. The van der Waals surface area contributed by atoms with E-state index in [1.807, 2.05) is 20.8 Å². The maximum Gasteiger partial charge on any atom is 0.0781 e. The predicted molar refractivity (Wildman–Crippen MR) is 257 cm³/mol. The number of ether oxygens (including phenoxy) is 8. The van der Waals surface area contributed by atoms with Gasteiger partial charge in [0.2, 0.25) is 0 Å². The number of hydrogen-bond donors (Lipinski definition) is 2. The van der Waals surface area contributed by atoms with Gasteiger partial charge in [-0.15, -0.1) is 0 Å². The van der Waals surface area contributed by atoms with Crippen molar-refractivity contribution in [1.29, 1.82) is 0 Å². The lowest BCUT2D eigenvalue weighted by Crippen LogP contribution is -2.22. The van der Waals surface area contributed by atoms with Gasteiger partial charge in [-0.3, -0.25) is 0 Å². The van der Waals surface area contributed by atoms with Crippen LogP contribution >= 0.6 is 0 Å². The molecule has 0 saturated carbocycles. The number of aliphatic hydroxyl groups excluding tert-OH is 2. The zero-order valence-electron chi connectivity index (χ0n) is 25.2. The smallest absolute Gasteiger partial charge is 0.0781 e. The highest BCUT2D eigenvalue weighted by Crippen LogP contribution is 1.97. The molecular formula is C44H124O10. The summed E-state index contributed by atoms with van der Waals surface area (Å²) in [6, 6.07) is 0. The van der Waals surface area contributed by atoms with Crippen LogP contribution in [0.15, 0.2) is 0 Å². The first-order chi connectivity index (χ1) is 18.4. The average Bonchev–Trinajstić information content (AvgIpc) is 2.89. The maximum atomic E-state index is 8.98. The molecule has 4 atom stereocenters. The molecule has 0 aromatic carbocycles. The van der Waals surface area contributed by atoms with E-state index in [9.17, 15) is 0 Å². The molecule has 0 saturated heterocycles. The van der Waals surface area contributed by atoms with Gasteiger partial charge < -0.3 is 48.1 Å². The second-order valence-electron chi connectivity index (χ2n) is 9.24. The van der Waals surface area contributed by atoms with Crippen molar-refractivity contribution in [1.82, 2.24) is 0 Å². The Morgan fingerprint density at radius 1 is 0.352 bits per heavy atom. The molecule has 54 heavy (non-hydrogen) atoms. The van der Waals surface area contributed by atoms with Crippen LogP contribution in [0.4, 0.5) is 0 Å². The van der Waals surface area contributed by atoms with E-state index in [1.54, 1.807) is 6.92 Å². The van der Waals surface area contributed by atoms with Crippen molar-refractivity contribution in [3.63, 3.8) is 0 Å². The third kappa shape index (κ3) is 110. The molecule has 0 radical (unpaired) electrons. The summed E-state index contributed by atoms with van der Waals surface area (Å²) in [6.45, 7) is 19.3. The number of rotatable bonds is 28. The monoisotopic (exact) mass is 813 g/mol. The third-order valence-electron chi connectivity index (χ3n) is 4.83. The van der Waals surface area contributed by atoms with Gasteiger partial charge in [0, 0.05) is 13.2 Å². The van der Waals surface area contributed by atoms with E-state index in [2.05, 4.69) is 13.8 Å². The fraction of sp³-hybridized carbons (Fsp3) is 1.00. The van der Waals surface area contributed by atoms with E-state index in [-0.39, 0.29) is 144 Å². The third-order valence-corrected chi connectivity index (χ3v) is 4.83. The van der Waals surface area contributed by atoms with E-state index in [4.69, 9.17) is 48.1 Å². The van der Waals surface area contributed by atoms with Gasteiger partial charge in [0.15, 0.2) is 0 Å². The topological polar surface area (TPSA) is 114 Å². The lowest BCUT2D eigenvalue weighted by molar-refractivity contribution is -0.0532. The Hall–Kier alpha value is -0.400. The van der Waals surface area contributed by atoms with E-state index in [0.29, 0.717) is 72.7 Å². The molecule has 0 amide bonds. The van der Waals surface area contributed by atoms with Crippen LogP contribution in [0.25, 0.3) is 0 Å². The summed E-state index contributed by atoms with van der Waals surface area (Å²) in [5.74, 6) is 0. The molecule has 0 fully saturated rings. The molecule has 360 valence electrons. The van der Waals surface area contributed by atoms with Crippen LogP contribution in [-0.4, -0.2) is 127 Å². The van der Waals surface area contributed by atoms with Crippen LogP contribution in [0, 0.1) is 0 Å². The standard InChI is InChI=1S/2C14H30O5.16CH4/c1-4-5-7-16-11-14(3)19-10-9-17-12-13(2)18-8-6-15;1-4-5-6-16-7-8-18-12-14(3)19-10-9-17-11-13(2)15;;;;;;;;;;;;;;;;/h2*13-15H,4-12H2,1-3H3;16*1H4. The molecule has 0 aliphatic rings. The quantitative estimate of drug-likeness (QED) is 0.0740. The predicted octanol–water partition coefficient (Wildman–Crippen LogP) is 13.4. The van der Waals surface area contributed by atoms with Crippen LogP contribution in [0.5, 0.6) is 0 Å². The van der Waals surface area contributed by atoms with Gasteiger partial charge in [0.1, 0.15) is 0 Å². The Labute approximate surface area is 350 Å². The highest BCUT2D eigenvalue weighted by Gasteiger charge is 2.05.